The van der Waals surface area contributed by atoms with E-state index in [0.29, 0.717) is 4.88 Å². The molecule has 0 radical (unpaired) electrons. The Hall–Kier alpha value is -1.62. The zero-order valence-electron chi connectivity index (χ0n) is 9.43. The van der Waals surface area contributed by atoms with Crippen LogP contribution in [-0.2, 0) is 13.0 Å². The minimum absolute atomic E-state index is 0.420. The maximum Gasteiger partial charge on any atom is 0.345 e. The van der Waals surface area contributed by atoms with Crippen molar-refractivity contribution in [3.05, 3.63) is 27.6 Å². The summed E-state index contributed by atoms with van der Waals surface area (Å²) in [4.78, 5) is 12.6. The molecule has 0 bridgehead atoms. The van der Waals surface area contributed by atoms with Gasteiger partial charge in [-0.3, -0.25) is 4.68 Å². The number of hydrogen-bond acceptors (Lipinski definition) is 3. The third-order valence-electron chi connectivity index (χ3n) is 3.07. The predicted molar refractivity (Wildman–Crippen MR) is 65.6 cm³/mol. The summed E-state index contributed by atoms with van der Waals surface area (Å²) in [6.45, 7) is 2.93. The van der Waals surface area contributed by atoms with Crippen molar-refractivity contribution in [1.82, 2.24) is 9.78 Å². The van der Waals surface area contributed by atoms with Crippen LogP contribution in [0.1, 0.15) is 26.5 Å². The van der Waals surface area contributed by atoms with Crippen molar-refractivity contribution in [3.63, 3.8) is 0 Å². The van der Waals surface area contributed by atoms with E-state index in [1.165, 1.54) is 16.2 Å². The number of fused-ring (bicyclic) bond motifs is 3. The number of hydrogen-bond donors (Lipinski definition) is 1. The number of aromatic carboxylic acids is 1. The van der Waals surface area contributed by atoms with Crippen LogP contribution in [0.4, 0.5) is 0 Å². The third-order valence-corrected chi connectivity index (χ3v) is 4.25. The molecule has 88 valence electrons. The molecule has 2 aromatic heterocycles. The first kappa shape index (κ1) is 10.5. The summed E-state index contributed by atoms with van der Waals surface area (Å²) in [5, 5.41) is 13.4. The molecule has 1 aliphatic rings. The molecule has 4 nitrogen and oxygen atoms in total. The molecule has 0 spiro atoms. The van der Waals surface area contributed by atoms with Crippen molar-refractivity contribution in [2.24, 2.45) is 0 Å². The van der Waals surface area contributed by atoms with Crippen molar-refractivity contribution in [2.75, 3.05) is 0 Å². The Balaban J connectivity index is 2.23. The summed E-state index contributed by atoms with van der Waals surface area (Å²) in [7, 11) is 0. The highest BCUT2D eigenvalue weighted by atomic mass is 32.1. The lowest BCUT2D eigenvalue weighted by Crippen LogP contribution is -2.00. The molecule has 17 heavy (non-hydrogen) atoms. The lowest BCUT2D eigenvalue weighted by molar-refractivity contribution is 0.0702. The van der Waals surface area contributed by atoms with Crippen LogP contribution in [0, 0.1) is 6.92 Å². The topological polar surface area (TPSA) is 55.1 Å². The van der Waals surface area contributed by atoms with Gasteiger partial charge in [-0.05, 0) is 31.4 Å². The van der Waals surface area contributed by atoms with Crippen LogP contribution in [0.5, 0.6) is 0 Å². The zero-order chi connectivity index (χ0) is 12.0. The molecule has 2 aromatic rings. The fraction of sp³-hybridized carbons (Fsp3) is 0.333. The number of aromatic nitrogens is 2. The van der Waals surface area contributed by atoms with Gasteiger partial charge >= 0.3 is 5.97 Å². The van der Waals surface area contributed by atoms with Crippen LogP contribution < -0.4 is 0 Å². The van der Waals surface area contributed by atoms with Crippen molar-refractivity contribution >= 4 is 17.3 Å². The molecule has 5 heteroatoms. The lowest BCUT2D eigenvalue weighted by Gasteiger charge is -2.03. The van der Waals surface area contributed by atoms with E-state index in [9.17, 15) is 4.79 Å². The zero-order valence-corrected chi connectivity index (χ0v) is 10.3. The summed E-state index contributed by atoms with van der Waals surface area (Å²) in [6.07, 6.45) is 3.80. The van der Waals surface area contributed by atoms with Gasteiger partial charge in [0.05, 0.1) is 11.9 Å². The smallest absolute Gasteiger partial charge is 0.345 e. The summed E-state index contributed by atoms with van der Waals surface area (Å²) in [5.74, 6) is -0.841. The SMILES string of the molecule is Cc1cnn2c1-c1cc(C(=O)O)sc1CCC2. The van der Waals surface area contributed by atoms with Crippen LogP contribution in [-0.4, -0.2) is 20.9 Å². The highest BCUT2D eigenvalue weighted by Crippen LogP contribution is 2.36. The van der Waals surface area contributed by atoms with Crippen LogP contribution in [0.2, 0.25) is 0 Å². The fourth-order valence-electron chi connectivity index (χ4n) is 2.31. The van der Waals surface area contributed by atoms with E-state index < -0.39 is 5.97 Å². The maximum absolute atomic E-state index is 11.0. The van der Waals surface area contributed by atoms with Gasteiger partial charge in [0.1, 0.15) is 4.88 Å². The minimum atomic E-state index is -0.841. The van der Waals surface area contributed by atoms with Crippen molar-refractivity contribution < 1.29 is 9.90 Å². The summed E-state index contributed by atoms with van der Waals surface area (Å²) in [6, 6.07) is 1.79. The van der Waals surface area contributed by atoms with Crippen LogP contribution in [0.25, 0.3) is 11.3 Å². The standard InChI is InChI=1S/C12H12N2O2S/c1-7-6-13-14-4-2-3-9-8(11(7)14)5-10(17-9)12(15)16/h5-6H,2-4H2,1H3,(H,15,16). The Kier molecular flexibility index (Phi) is 2.29. The molecule has 0 atom stereocenters. The quantitative estimate of drug-likeness (QED) is 0.843. The number of thiophene rings is 1. The van der Waals surface area contributed by atoms with E-state index in [1.54, 1.807) is 6.07 Å². The van der Waals surface area contributed by atoms with Gasteiger partial charge in [-0.25, -0.2) is 4.79 Å². The average Bonchev–Trinajstić information content (AvgIpc) is 2.80. The van der Waals surface area contributed by atoms with E-state index in [0.717, 1.165) is 36.2 Å². The van der Waals surface area contributed by atoms with E-state index >= 15 is 0 Å². The molecule has 0 aliphatic carbocycles. The Morgan fingerprint density at radius 1 is 1.59 bits per heavy atom. The number of rotatable bonds is 1. The Morgan fingerprint density at radius 3 is 3.18 bits per heavy atom. The van der Waals surface area contributed by atoms with Gasteiger partial charge in [-0.2, -0.15) is 5.10 Å². The summed E-state index contributed by atoms with van der Waals surface area (Å²) in [5.41, 5.74) is 3.25. The van der Waals surface area contributed by atoms with Crippen molar-refractivity contribution in [3.8, 4) is 11.3 Å². The number of carbonyl (C=O) groups is 1. The van der Waals surface area contributed by atoms with Gasteiger partial charge < -0.3 is 5.11 Å². The maximum atomic E-state index is 11.0. The second-order valence-electron chi connectivity index (χ2n) is 4.26. The first-order valence-corrected chi connectivity index (χ1v) is 6.37. The molecule has 0 aromatic carbocycles. The molecule has 0 saturated heterocycles. The van der Waals surface area contributed by atoms with Gasteiger partial charge in [0.2, 0.25) is 0 Å². The highest BCUT2D eigenvalue weighted by molar-refractivity contribution is 7.14. The predicted octanol–water partition coefficient (Wildman–Crippen LogP) is 2.56. The molecule has 0 unspecified atom stereocenters. The lowest BCUT2D eigenvalue weighted by atomic mass is 10.1. The van der Waals surface area contributed by atoms with Crippen LogP contribution in [0.15, 0.2) is 12.3 Å². The molecule has 1 aliphatic heterocycles. The summed E-state index contributed by atoms with van der Waals surface area (Å²) < 4.78 is 1.99. The number of nitrogens with zero attached hydrogens (tertiary/aromatic N) is 2. The van der Waals surface area contributed by atoms with E-state index in [2.05, 4.69) is 5.10 Å². The normalized spacial score (nSPS) is 13.9. The van der Waals surface area contributed by atoms with E-state index in [4.69, 9.17) is 5.11 Å². The number of aryl methyl sites for hydroxylation is 3. The molecule has 1 N–H and O–H groups in total. The fourth-order valence-corrected chi connectivity index (χ4v) is 3.35. The first-order chi connectivity index (χ1) is 8.16. The van der Waals surface area contributed by atoms with Gasteiger partial charge in [-0.15, -0.1) is 11.3 Å². The highest BCUT2D eigenvalue weighted by Gasteiger charge is 2.21. The number of carboxylic acids is 1. The van der Waals surface area contributed by atoms with E-state index in [1.807, 2.05) is 17.8 Å². The first-order valence-electron chi connectivity index (χ1n) is 5.55. The monoisotopic (exact) mass is 248 g/mol. The van der Waals surface area contributed by atoms with Gasteiger partial charge in [0.25, 0.3) is 0 Å². The molecule has 0 amide bonds. The molecule has 0 saturated carbocycles. The molecule has 0 fully saturated rings. The van der Waals surface area contributed by atoms with Crippen LogP contribution >= 0.6 is 11.3 Å². The molecule has 3 rings (SSSR count). The van der Waals surface area contributed by atoms with Crippen molar-refractivity contribution in [2.45, 2.75) is 26.3 Å². The van der Waals surface area contributed by atoms with Crippen LogP contribution in [0.3, 0.4) is 0 Å². The third kappa shape index (κ3) is 1.58. The number of carboxylic acid groups (broad SMARTS) is 1. The van der Waals surface area contributed by atoms with Crippen molar-refractivity contribution in [1.29, 1.82) is 0 Å². The molecular weight excluding hydrogens is 236 g/mol. The largest absolute Gasteiger partial charge is 0.477 e. The second kappa shape index (κ2) is 3.70. The molecule has 3 heterocycles. The van der Waals surface area contributed by atoms with Gasteiger partial charge in [0.15, 0.2) is 0 Å². The minimum Gasteiger partial charge on any atom is -0.477 e. The van der Waals surface area contributed by atoms with Gasteiger partial charge in [-0.1, -0.05) is 0 Å². The molecular formula is C12H12N2O2S. The Morgan fingerprint density at radius 2 is 2.41 bits per heavy atom. The summed E-state index contributed by atoms with van der Waals surface area (Å²) >= 11 is 1.39. The average molecular weight is 248 g/mol. The Labute approximate surface area is 103 Å². The van der Waals surface area contributed by atoms with E-state index in [-0.39, 0.29) is 0 Å². The Bertz CT molecular complexity index is 598. The van der Waals surface area contributed by atoms with Gasteiger partial charge in [0, 0.05) is 17.0 Å². The second-order valence-corrected chi connectivity index (χ2v) is 5.39.